The van der Waals surface area contributed by atoms with Crippen LogP contribution >= 0.6 is 22.6 Å². The van der Waals surface area contributed by atoms with E-state index in [9.17, 15) is 18.0 Å². The first-order valence-corrected chi connectivity index (χ1v) is 4.38. The van der Waals surface area contributed by atoms with E-state index in [1.54, 1.807) is 0 Å². The summed E-state index contributed by atoms with van der Waals surface area (Å²) >= 11 is 1.35. The fraction of sp³-hybridized carbons (Fsp3) is 0.143. The number of rotatable bonds is 2. The first-order valence-electron chi connectivity index (χ1n) is 3.31. The van der Waals surface area contributed by atoms with E-state index in [1.807, 2.05) is 0 Å². The molecular weight excluding hydrogens is 314 g/mol. The number of carboxylic acid groups (broad SMARTS) is 1. The van der Waals surface area contributed by atoms with Crippen LogP contribution in [0.4, 0.5) is 13.2 Å². The molecule has 1 rings (SSSR count). The number of nitrogens with zero attached hydrogens (tertiary/aromatic N) is 1. The van der Waals surface area contributed by atoms with Crippen LogP contribution in [0.25, 0.3) is 0 Å². The highest BCUT2D eigenvalue weighted by molar-refractivity contribution is 14.1. The van der Waals surface area contributed by atoms with Crippen molar-refractivity contribution in [3.63, 3.8) is 0 Å². The van der Waals surface area contributed by atoms with Crippen molar-refractivity contribution in [3.05, 3.63) is 26.8 Å². The quantitative estimate of drug-likeness (QED) is 0.673. The van der Waals surface area contributed by atoms with Gasteiger partial charge in [0.1, 0.15) is 0 Å². The molecule has 0 unspecified atom stereocenters. The Morgan fingerprint density at radius 3 is 2.57 bits per heavy atom. The molecule has 0 saturated heterocycles. The molecule has 0 fully saturated rings. The topological polar surface area (TPSA) is 50.2 Å². The molecule has 1 N–H and O–H groups in total. The molecule has 3 nitrogen and oxygen atoms in total. The van der Waals surface area contributed by atoms with Gasteiger partial charge in [0.15, 0.2) is 5.69 Å². The van der Waals surface area contributed by atoms with Crippen molar-refractivity contribution in [2.24, 2.45) is 0 Å². The first-order chi connectivity index (χ1) is 6.43. The SMILES string of the molecule is O=C(O)c1cc(C(F)F)c(I)c(F)n1. The number of halogens is 4. The summed E-state index contributed by atoms with van der Waals surface area (Å²) in [6.45, 7) is 0. The summed E-state index contributed by atoms with van der Waals surface area (Å²) in [7, 11) is 0. The average Bonchev–Trinajstić information content (AvgIpc) is 2.08. The van der Waals surface area contributed by atoms with Crippen LogP contribution in [0, 0.1) is 9.52 Å². The van der Waals surface area contributed by atoms with Gasteiger partial charge in [0, 0.05) is 5.56 Å². The normalized spacial score (nSPS) is 10.6. The molecule has 1 aromatic rings. The fourth-order valence-electron chi connectivity index (χ4n) is 0.785. The fourth-order valence-corrected chi connectivity index (χ4v) is 1.30. The minimum absolute atomic E-state index is 0.359. The van der Waals surface area contributed by atoms with E-state index in [4.69, 9.17) is 5.11 Å². The molecule has 0 aliphatic rings. The largest absolute Gasteiger partial charge is 0.477 e. The molecule has 0 spiro atoms. The van der Waals surface area contributed by atoms with Gasteiger partial charge in [-0.3, -0.25) is 0 Å². The van der Waals surface area contributed by atoms with Gasteiger partial charge >= 0.3 is 5.97 Å². The summed E-state index contributed by atoms with van der Waals surface area (Å²) in [6, 6.07) is 0.665. The molecule has 0 bridgehead atoms. The van der Waals surface area contributed by atoms with E-state index < -0.39 is 29.6 Å². The van der Waals surface area contributed by atoms with Gasteiger partial charge in [0.05, 0.1) is 3.57 Å². The van der Waals surface area contributed by atoms with Crippen molar-refractivity contribution < 1.29 is 23.1 Å². The number of aromatic nitrogens is 1. The van der Waals surface area contributed by atoms with E-state index in [1.165, 1.54) is 22.6 Å². The standard InChI is InChI=1S/C7H3F3INO2/c8-5(9)2-1-3(7(13)14)12-6(10)4(2)11/h1,5H,(H,13,14). The zero-order valence-electron chi connectivity index (χ0n) is 6.47. The lowest BCUT2D eigenvalue weighted by Crippen LogP contribution is -2.06. The van der Waals surface area contributed by atoms with Crippen LogP contribution in [-0.2, 0) is 0 Å². The molecule has 0 amide bonds. The number of hydrogen-bond acceptors (Lipinski definition) is 2. The molecule has 76 valence electrons. The van der Waals surface area contributed by atoms with Crippen LogP contribution in [0.5, 0.6) is 0 Å². The highest BCUT2D eigenvalue weighted by Crippen LogP contribution is 2.26. The van der Waals surface area contributed by atoms with Crippen molar-refractivity contribution in [1.29, 1.82) is 0 Å². The first kappa shape index (κ1) is 11.2. The van der Waals surface area contributed by atoms with Crippen LogP contribution < -0.4 is 0 Å². The van der Waals surface area contributed by atoms with Gasteiger partial charge in [-0.25, -0.2) is 18.6 Å². The minimum atomic E-state index is -2.92. The summed E-state index contributed by atoms with van der Waals surface area (Å²) in [4.78, 5) is 13.4. The van der Waals surface area contributed by atoms with Gasteiger partial charge in [-0.15, -0.1) is 0 Å². The third kappa shape index (κ3) is 2.14. The predicted molar refractivity (Wildman–Crippen MR) is 48.8 cm³/mol. The Hall–Kier alpha value is -0.860. The maximum absolute atomic E-state index is 12.8. The predicted octanol–water partition coefficient (Wildman–Crippen LogP) is 2.46. The molecule has 0 aliphatic heterocycles. The second kappa shape index (κ2) is 4.11. The molecule has 0 atom stereocenters. The van der Waals surface area contributed by atoms with Crippen molar-refractivity contribution in [2.45, 2.75) is 6.43 Å². The zero-order valence-corrected chi connectivity index (χ0v) is 8.63. The molecule has 1 heterocycles. The zero-order chi connectivity index (χ0) is 10.9. The number of carboxylic acids is 1. The number of aromatic carboxylic acids is 1. The summed E-state index contributed by atoms with van der Waals surface area (Å²) in [5, 5.41) is 8.43. The summed E-state index contributed by atoms with van der Waals surface area (Å²) in [5.41, 5.74) is -1.38. The van der Waals surface area contributed by atoms with E-state index in [0.717, 1.165) is 0 Å². The van der Waals surface area contributed by atoms with Gasteiger partial charge < -0.3 is 5.11 Å². The van der Waals surface area contributed by atoms with Gasteiger partial charge in [-0.1, -0.05) is 0 Å². The maximum atomic E-state index is 12.8. The third-order valence-corrected chi connectivity index (χ3v) is 2.47. The summed E-state index contributed by atoms with van der Waals surface area (Å²) in [6.07, 6.45) is -2.92. The Bertz CT molecular complexity index is 383. The molecule has 14 heavy (non-hydrogen) atoms. The van der Waals surface area contributed by atoms with E-state index >= 15 is 0 Å². The van der Waals surface area contributed by atoms with Crippen molar-refractivity contribution >= 4 is 28.6 Å². The molecule has 0 radical (unpaired) electrons. The smallest absolute Gasteiger partial charge is 0.354 e. The lowest BCUT2D eigenvalue weighted by atomic mass is 10.2. The van der Waals surface area contributed by atoms with Gasteiger partial charge in [0.25, 0.3) is 6.43 Å². The molecule has 0 aliphatic carbocycles. The lowest BCUT2D eigenvalue weighted by Gasteiger charge is -2.04. The Morgan fingerprint density at radius 1 is 1.57 bits per heavy atom. The van der Waals surface area contributed by atoms with E-state index in [0.29, 0.717) is 6.07 Å². The number of hydrogen-bond donors (Lipinski definition) is 1. The Morgan fingerprint density at radius 2 is 2.14 bits per heavy atom. The van der Waals surface area contributed by atoms with Crippen LogP contribution in [0.2, 0.25) is 0 Å². The second-order valence-corrected chi connectivity index (χ2v) is 3.39. The maximum Gasteiger partial charge on any atom is 0.354 e. The minimum Gasteiger partial charge on any atom is -0.477 e. The Balaban J connectivity index is 3.35. The van der Waals surface area contributed by atoms with E-state index in [2.05, 4.69) is 4.98 Å². The van der Waals surface area contributed by atoms with Crippen LogP contribution in [0.1, 0.15) is 22.5 Å². The Labute approximate surface area is 90.1 Å². The molecule has 0 aromatic carbocycles. The molecule has 1 aromatic heterocycles. The molecular formula is C7H3F3INO2. The van der Waals surface area contributed by atoms with Crippen LogP contribution in [0.15, 0.2) is 6.07 Å². The molecule has 0 saturated carbocycles. The highest BCUT2D eigenvalue weighted by atomic mass is 127. The van der Waals surface area contributed by atoms with Gasteiger partial charge in [-0.05, 0) is 28.7 Å². The van der Waals surface area contributed by atoms with Crippen molar-refractivity contribution in [2.75, 3.05) is 0 Å². The lowest BCUT2D eigenvalue weighted by molar-refractivity contribution is 0.0688. The monoisotopic (exact) mass is 317 g/mol. The number of pyridine rings is 1. The third-order valence-electron chi connectivity index (χ3n) is 1.40. The van der Waals surface area contributed by atoms with Crippen LogP contribution in [-0.4, -0.2) is 16.1 Å². The number of carbonyl (C=O) groups is 1. The van der Waals surface area contributed by atoms with Gasteiger partial charge in [0.2, 0.25) is 5.95 Å². The average molecular weight is 317 g/mol. The van der Waals surface area contributed by atoms with Crippen molar-refractivity contribution in [1.82, 2.24) is 4.98 Å². The van der Waals surface area contributed by atoms with Crippen molar-refractivity contribution in [3.8, 4) is 0 Å². The van der Waals surface area contributed by atoms with E-state index in [-0.39, 0.29) is 3.57 Å². The van der Waals surface area contributed by atoms with Gasteiger partial charge in [-0.2, -0.15) is 4.39 Å². The van der Waals surface area contributed by atoms with Crippen LogP contribution in [0.3, 0.4) is 0 Å². The highest BCUT2D eigenvalue weighted by Gasteiger charge is 2.19. The Kier molecular flexibility index (Phi) is 3.29. The molecule has 7 heteroatoms. The summed E-state index contributed by atoms with van der Waals surface area (Å²) in [5.74, 6) is -2.73. The second-order valence-electron chi connectivity index (χ2n) is 2.31. The summed E-state index contributed by atoms with van der Waals surface area (Å²) < 4.78 is 37.0. The number of alkyl halides is 2.